The van der Waals surface area contributed by atoms with Crippen LogP contribution in [0.2, 0.25) is 0 Å². The SMILES string of the molecule is c1ccc(-c2cnc3ccccc3n2)cc1.c1ccc(-c2cnc3ccccc3n2)cc1. The Morgan fingerprint density at radius 3 is 1.09 bits per heavy atom. The van der Waals surface area contributed by atoms with Gasteiger partial charge in [0.25, 0.3) is 0 Å². The van der Waals surface area contributed by atoms with Crippen molar-refractivity contribution in [1.29, 1.82) is 0 Å². The Kier molecular flexibility index (Phi) is 5.58. The summed E-state index contributed by atoms with van der Waals surface area (Å²) in [6, 6.07) is 36.0. The van der Waals surface area contributed by atoms with Crippen LogP contribution in [0.4, 0.5) is 0 Å². The highest BCUT2D eigenvalue weighted by atomic mass is 14.8. The molecule has 6 aromatic rings. The molecule has 0 saturated heterocycles. The molecule has 0 bridgehead atoms. The van der Waals surface area contributed by atoms with E-state index >= 15 is 0 Å². The molecule has 0 spiro atoms. The molecule has 0 N–H and O–H groups in total. The number of hydrogen-bond acceptors (Lipinski definition) is 4. The second-order valence-corrected chi connectivity index (χ2v) is 7.22. The molecule has 2 heterocycles. The lowest BCUT2D eigenvalue weighted by Crippen LogP contribution is -1.87. The van der Waals surface area contributed by atoms with Gasteiger partial charge in [-0.1, -0.05) is 84.9 Å². The highest BCUT2D eigenvalue weighted by Gasteiger charge is 2.01. The zero-order valence-corrected chi connectivity index (χ0v) is 17.3. The molecule has 152 valence electrons. The average Bonchev–Trinajstić information content (AvgIpc) is 2.89. The van der Waals surface area contributed by atoms with Gasteiger partial charge in [0, 0.05) is 11.1 Å². The number of rotatable bonds is 2. The van der Waals surface area contributed by atoms with Crippen molar-refractivity contribution in [2.24, 2.45) is 0 Å². The van der Waals surface area contributed by atoms with Gasteiger partial charge in [-0.25, -0.2) is 9.97 Å². The van der Waals surface area contributed by atoms with Gasteiger partial charge in [0.2, 0.25) is 0 Å². The van der Waals surface area contributed by atoms with Gasteiger partial charge in [0.1, 0.15) is 0 Å². The van der Waals surface area contributed by atoms with Gasteiger partial charge >= 0.3 is 0 Å². The average molecular weight is 412 g/mol. The number of nitrogens with zero attached hydrogens (tertiary/aromatic N) is 4. The largest absolute Gasteiger partial charge is 0.252 e. The maximum atomic E-state index is 4.58. The summed E-state index contributed by atoms with van der Waals surface area (Å²) in [6.45, 7) is 0. The van der Waals surface area contributed by atoms with Gasteiger partial charge in [-0.2, -0.15) is 0 Å². The van der Waals surface area contributed by atoms with Gasteiger partial charge in [0.15, 0.2) is 0 Å². The van der Waals surface area contributed by atoms with Crippen LogP contribution in [0.5, 0.6) is 0 Å². The van der Waals surface area contributed by atoms with Gasteiger partial charge in [0.05, 0.1) is 45.8 Å². The van der Waals surface area contributed by atoms with E-state index in [0.717, 1.165) is 44.6 Å². The Bertz CT molecular complexity index is 1350. The summed E-state index contributed by atoms with van der Waals surface area (Å²) in [7, 11) is 0. The zero-order chi connectivity index (χ0) is 21.6. The normalized spacial score (nSPS) is 10.5. The molecule has 0 radical (unpaired) electrons. The lowest BCUT2D eigenvalue weighted by molar-refractivity contribution is 1.29. The van der Waals surface area contributed by atoms with E-state index in [-0.39, 0.29) is 0 Å². The first-order valence-electron chi connectivity index (χ1n) is 10.4. The van der Waals surface area contributed by atoms with E-state index in [2.05, 4.69) is 19.9 Å². The molecule has 6 rings (SSSR count). The van der Waals surface area contributed by atoms with Crippen molar-refractivity contribution < 1.29 is 0 Å². The van der Waals surface area contributed by atoms with Gasteiger partial charge in [-0.3, -0.25) is 9.97 Å². The van der Waals surface area contributed by atoms with E-state index in [1.54, 1.807) is 0 Å². The first-order valence-corrected chi connectivity index (χ1v) is 10.4. The predicted octanol–water partition coefficient (Wildman–Crippen LogP) is 6.59. The third-order valence-electron chi connectivity index (χ3n) is 5.04. The highest BCUT2D eigenvalue weighted by Crippen LogP contribution is 2.19. The molecule has 0 aliphatic heterocycles. The Morgan fingerprint density at radius 1 is 0.344 bits per heavy atom. The molecule has 0 atom stereocenters. The van der Waals surface area contributed by atoms with Crippen molar-refractivity contribution in [2.45, 2.75) is 0 Å². The third-order valence-corrected chi connectivity index (χ3v) is 5.04. The van der Waals surface area contributed by atoms with Crippen LogP contribution in [0.25, 0.3) is 44.6 Å². The van der Waals surface area contributed by atoms with E-state index in [1.165, 1.54) is 0 Å². The van der Waals surface area contributed by atoms with Gasteiger partial charge < -0.3 is 0 Å². The van der Waals surface area contributed by atoms with Crippen LogP contribution in [0, 0.1) is 0 Å². The number of fused-ring (bicyclic) bond motifs is 2. The Hall–Kier alpha value is -4.44. The van der Waals surface area contributed by atoms with E-state index in [4.69, 9.17) is 0 Å². The fourth-order valence-corrected chi connectivity index (χ4v) is 3.41. The van der Waals surface area contributed by atoms with E-state index in [9.17, 15) is 0 Å². The van der Waals surface area contributed by atoms with Crippen molar-refractivity contribution in [3.05, 3.63) is 122 Å². The number of aromatic nitrogens is 4. The summed E-state index contributed by atoms with van der Waals surface area (Å²) in [4.78, 5) is 18.0. The van der Waals surface area contributed by atoms with Crippen LogP contribution < -0.4 is 0 Å². The smallest absolute Gasteiger partial charge is 0.0894 e. The molecule has 0 amide bonds. The zero-order valence-electron chi connectivity index (χ0n) is 17.3. The Morgan fingerprint density at radius 2 is 0.688 bits per heavy atom. The molecule has 4 nitrogen and oxygen atoms in total. The van der Waals surface area contributed by atoms with Crippen LogP contribution >= 0.6 is 0 Å². The van der Waals surface area contributed by atoms with Crippen LogP contribution in [-0.4, -0.2) is 19.9 Å². The van der Waals surface area contributed by atoms with Crippen molar-refractivity contribution in [1.82, 2.24) is 19.9 Å². The summed E-state index contributed by atoms with van der Waals surface area (Å²) in [5.74, 6) is 0. The fourth-order valence-electron chi connectivity index (χ4n) is 3.41. The summed E-state index contributed by atoms with van der Waals surface area (Å²) in [6.07, 6.45) is 3.63. The molecule has 32 heavy (non-hydrogen) atoms. The summed E-state index contributed by atoms with van der Waals surface area (Å²) >= 11 is 0. The van der Waals surface area contributed by atoms with Crippen LogP contribution in [-0.2, 0) is 0 Å². The van der Waals surface area contributed by atoms with Crippen LogP contribution in [0.3, 0.4) is 0 Å². The number of benzene rings is 4. The molecule has 0 aliphatic carbocycles. The molecule has 0 fully saturated rings. The molecule has 4 heteroatoms. The highest BCUT2D eigenvalue weighted by molar-refractivity contribution is 5.77. The van der Waals surface area contributed by atoms with E-state index in [0.29, 0.717) is 0 Å². The minimum absolute atomic E-state index is 0.916. The summed E-state index contributed by atoms with van der Waals surface area (Å²) in [5.41, 5.74) is 7.76. The lowest BCUT2D eigenvalue weighted by atomic mass is 10.1. The van der Waals surface area contributed by atoms with Crippen molar-refractivity contribution in [2.75, 3.05) is 0 Å². The third kappa shape index (κ3) is 4.35. The van der Waals surface area contributed by atoms with Crippen molar-refractivity contribution in [3.8, 4) is 22.5 Å². The number of para-hydroxylation sites is 4. The van der Waals surface area contributed by atoms with Crippen LogP contribution in [0.15, 0.2) is 122 Å². The molecule has 0 saturated carbocycles. The Labute approximate surface area is 186 Å². The fraction of sp³-hybridized carbons (Fsp3) is 0. The lowest BCUT2D eigenvalue weighted by Gasteiger charge is -2.01. The summed E-state index contributed by atoms with van der Waals surface area (Å²) in [5, 5.41) is 0. The van der Waals surface area contributed by atoms with Crippen molar-refractivity contribution >= 4 is 22.1 Å². The second kappa shape index (κ2) is 9.14. The first kappa shape index (κ1) is 19.5. The first-order chi connectivity index (χ1) is 15.9. The summed E-state index contributed by atoms with van der Waals surface area (Å²) < 4.78 is 0. The van der Waals surface area contributed by atoms with E-state index < -0.39 is 0 Å². The molecular weight excluding hydrogens is 392 g/mol. The molecule has 4 aromatic carbocycles. The molecule has 0 unspecified atom stereocenters. The molecule has 2 aromatic heterocycles. The monoisotopic (exact) mass is 412 g/mol. The minimum Gasteiger partial charge on any atom is -0.252 e. The van der Waals surface area contributed by atoms with Crippen molar-refractivity contribution in [3.63, 3.8) is 0 Å². The topological polar surface area (TPSA) is 51.6 Å². The second-order valence-electron chi connectivity index (χ2n) is 7.22. The van der Waals surface area contributed by atoms with Gasteiger partial charge in [-0.15, -0.1) is 0 Å². The minimum atomic E-state index is 0.916. The molecular formula is C28H20N4. The van der Waals surface area contributed by atoms with Crippen LogP contribution in [0.1, 0.15) is 0 Å². The predicted molar refractivity (Wildman–Crippen MR) is 130 cm³/mol. The van der Waals surface area contributed by atoms with Gasteiger partial charge in [-0.05, 0) is 24.3 Å². The van der Waals surface area contributed by atoms with E-state index in [1.807, 2.05) is 122 Å². The Balaban J connectivity index is 0.000000135. The number of hydrogen-bond donors (Lipinski definition) is 0. The molecule has 0 aliphatic rings. The maximum absolute atomic E-state index is 4.58. The maximum Gasteiger partial charge on any atom is 0.0894 e. The standard InChI is InChI=1S/2C14H10N2/c2*1-2-6-11(7-3-1)14-10-15-12-8-4-5-9-13(12)16-14/h2*1-10H. The quantitative estimate of drug-likeness (QED) is 0.322.